The van der Waals surface area contributed by atoms with Gasteiger partial charge in [-0.2, -0.15) is 31.4 Å². The van der Waals surface area contributed by atoms with Crippen LogP contribution in [-0.2, 0) is 19.4 Å². The molecule has 4 rings (SSSR count). The highest BCUT2D eigenvalue weighted by atomic mass is 32.1. The predicted octanol–water partition coefficient (Wildman–Crippen LogP) is 5.38. The minimum Gasteiger partial charge on any atom is -0.321 e. The summed E-state index contributed by atoms with van der Waals surface area (Å²) in [5.74, 6) is -1.27. The van der Waals surface area contributed by atoms with E-state index in [-0.39, 0.29) is 11.3 Å². The van der Waals surface area contributed by atoms with Crippen molar-refractivity contribution in [1.29, 1.82) is 0 Å². The Hall–Kier alpha value is -3.48. The molecule has 0 radical (unpaired) electrons. The van der Waals surface area contributed by atoms with Gasteiger partial charge in [0.2, 0.25) is 0 Å². The summed E-state index contributed by atoms with van der Waals surface area (Å²) in [6.45, 7) is 0. The maximum Gasteiger partial charge on any atom is 0.433 e. The number of halogens is 6. The lowest BCUT2D eigenvalue weighted by Crippen LogP contribution is -2.21. The average molecular weight is 471 g/mol. The van der Waals surface area contributed by atoms with Crippen LogP contribution in [0.2, 0.25) is 0 Å². The quantitative estimate of drug-likeness (QED) is 0.407. The lowest BCUT2D eigenvalue weighted by atomic mass is 10.0. The highest BCUT2D eigenvalue weighted by Crippen LogP contribution is 2.42. The first-order chi connectivity index (χ1) is 15.0. The molecule has 0 bridgehead atoms. The smallest absolute Gasteiger partial charge is 0.321 e. The van der Waals surface area contributed by atoms with Crippen molar-refractivity contribution < 1.29 is 31.1 Å². The van der Waals surface area contributed by atoms with E-state index in [4.69, 9.17) is 0 Å². The largest absolute Gasteiger partial charge is 0.433 e. The van der Waals surface area contributed by atoms with Crippen LogP contribution >= 0.6 is 11.3 Å². The van der Waals surface area contributed by atoms with E-state index in [2.05, 4.69) is 20.4 Å². The Balaban J connectivity index is 1.81. The fraction of sp³-hybridized carbons (Fsp3) is 0.158. The second kappa shape index (κ2) is 7.58. The number of aryl methyl sites for hydroxylation is 1. The molecule has 4 aromatic rings. The van der Waals surface area contributed by atoms with Gasteiger partial charge >= 0.3 is 12.4 Å². The van der Waals surface area contributed by atoms with E-state index in [0.717, 1.165) is 35.3 Å². The maximum atomic E-state index is 14.0. The van der Waals surface area contributed by atoms with Crippen molar-refractivity contribution in [3.8, 4) is 11.3 Å². The number of carbonyl (C=O) groups excluding carboxylic acids is 1. The van der Waals surface area contributed by atoms with Crippen LogP contribution in [-0.4, -0.2) is 25.7 Å². The van der Waals surface area contributed by atoms with Gasteiger partial charge in [-0.25, -0.2) is 4.98 Å². The second-order valence-electron chi connectivity index (χ2n) is 6.58. The van der Waals surface area contributed by atoms with Gasteiger partial charge in [-0.1, -0.05) is 0 Å². The number of anilines is 1. The molecule has 1 N–H and O–H groups in total. The molecule has 13 heteroatoms. The van der Waals surface area contributed by atoms with Gasteiger partial charge in [-0.3, -0.25) is 14.5 Å². The van der Waals surface area contributed by atoms with Gasteiger partial charge in [-0.15, -0.1) is 11.3 Å². The van der Waals surface area contributed by atoms with Crippen LogP contribution in [0, 0.1) is 0 Å². The lowest BCUT2D eigenvalue weighted by molar-refractivity contribution is -0.141. The van der Waals surface area contributed by atoms with Crippen LogP contribution in [0.4, 0.5) is 32.0 Å². The Morgan fingerprint density at radius 1 is 1.06 bits per heavy atom. The van der Waals surface area contributed by atoms with Gasteiger partial charge in [0.25, 0.3) is 5.91 Å². The zero-order valence-electron chi connectivity index (χ0n) is 15.9. The highest BCUT2D eigenvalue weighted by molar-refractivity contribution is 7.17. The monoisotopic (exact) mass is 471 g/mol. The van der Waals surface area contributed by atoms with E-state index in [1.165, 1.54) is 11.6 Å². The molecule has 32 heavy (non-hydrogen) atoms. The number of nitrogens with one attached hydrogen (secondary N) is 1. The third-order valence-corrected chi connectivity index (χ3v) is 5.36. The normalized spacial score (nSPS) is 12.3. The predicted molar refractivity (Wildman–Crippen MR) is 104 cm³/mol. The van der Waals surface area contributed by atoms with Gasteiger partial charge in [0.1, 0.15) is 27.5 Å². The van der Waals surface area contributed by atoms with Crippen LogP contribution in [0.25, 0.3) is 21.5 Å². The number of aromatic nitrogens is 4. The Bertz CT molecular complexity index is 1320. The highest BCUT2D eigenvalue weighted by Gasteiger charge is 2.42. The second-order valence-corrected chi connectivity index (χ2v) is 7.44. The van der Waals surface area contributed by atoms with Gasteiger partial charge in [0, 0.05) is 41.5 Å². The Labute approximate surface area is 179 Å². The van der Waals surface area contributed by atoms with Crippen molar-refractivity contribution in [1.82, 2.24) is 19.7 Å². The Kier molecular flexibility index (Phi) is 5.15. The summed E-state index contributed by atoms with van der Waals surface area (Å²) >= 11 is 1.12. The summed E-state index contributed by atoms with van der Waals surface area (Å²) in [5, 5.41) is 7.86. The van der Waals surface area contributed by atoms with Crippen LogP contribution in [0.3, 0.4) is 0 Å². The molecule has 0 saturated carbocycles. The molecule has 6 nitrogen and oxygen atoms in total. The van der Waals surface area contributed by atoms with Crippen molar-refractivity contribution >= 4 is 33.1 Å². The number of hydrogen-bond acceptors (Lipinski definition) is 5. The third kappa shape index (κ3) is 3.90. The molecule has 0 aliphatic heterocycles. The molecule has 0 saturated heterocycles. The van der Waals surface area contributed by atoms with Crippen LogP contribution in [0.5, 0.6) is 0 Å². The molecule has 4 heterocycles. The van der Waals surface area contributed by atoms with Crippen molar-refractivity contribution in [2.24, 2.45) is 7.05 Å². The summed E-state index contributed by atoms with van der Waals surface area (Å²) < 4.78 is 81.4. The van der Waals surface area contributed by atoms with E-state index in [1.54, 1.807) is 12.1 Å². The molecule has 0 unspecified atom stereocenters. The first-order valence-corrected chi connectivity index (χ1v) is 9.66. The summed E-state index contributed by atoms with van der Waals surface area (Å²) in [6, 6.07) is 4.71. The minimum absolute atomic E-state index is 0.142. The number of fused-ring (bicyclic) bond motifs is 1. The molecule has 0 aliphatic carbocycles. The molecule has 0 spiro atoms. The van der Waals surface area contributed by atoms with Crippen molar-refractivity contribution in [3.63, 3.8) is 0 Å². The average Bonchev–Trinajstić information content (AvgIpc) is 3.28. The number of hydrogen-bond donors (Lipinski definition) is 1. The number of alkyl halides is 6. The van der Waals surface area contributed by atoms with Crippen molar-refractivity contribution in [3.05, 3.63) is 59.0 Å². The summed E-state index contributed by atoms with van der Waals surface area (Å²) in [6.07, 6.45) is -7.47. The molecule has 166 valence electrons. The Morgan fingerprint density at radius 2 is 1.81 bits per heavy atom. The molecule has 1 amide bonds. The number of thiophene rings is 1. The van der Waals surface area contributed by atoms with E-state index < -0.39 is 40.9 Å². The van der Waals surface area contributed by atoms with Gasteiger partial charge in [-0.05, 0) is 24.3 Å². The molecular weight excluding hydrogens is 460 g/mol. The van der Waals surface area contributed by atoms with Gasteiger partial charge < -0.3 is 5.32 Å². The van der Waals surface area contributed by atoms with Gasteiger partial charge in [0.15, 0.2) is 0 Å². The minimum atomic E-state index is -4.97. The SMILES string of the molecule is Cn1nc(-c2csc3ncccc23)c(C(F)(F)F)c1C(=O)Nc1ccnc(C(F)(F)F)c1. The van der Waals surface area contributed by atoms with Crippen molar-refractivity contribution in [2.45, 2.75) is 12.4 Å². The van der Waals surface area contributed by atoms with Crippen LogP contribution < -0.4 is 5.32 Å². The zero-order valence-corrected chi connectivity index (χ0v) is 16.7. The van der Waals surface area contributed by atoms with Crippen LogP contribution in [0.15, 0.2) is 42.0 Å². The van der Waals surface area contributed by atoms with E-state index in [9.17, 15) is 31.1 Å². The summed E-state index contributed by atoms with van der Waals surface area (Å²) in [4.78, 5) is 20.5. The van der Waals surface area contributed by atoms with E-state index >= 15 is 0 Å². The number of rotatable bonds is 3. The third-order valence-electron chi connectivity index (χ3n) is 4.46. The maximum absolute atomic E-state index is 14.0. The lowest BCUT2D eigenvalue weighted by Gasteiger charge is -2.12. The van der Waals surface area contributed by atoms with Gasteiger partial charge in [0.05, 0.1) is 0 Å². The zero-order chi connectivity index (χ0) is 23.3. The number of carbonyl (C=O) groups is 1. The summed E-state index contributed by atoms with van der Waals surface area (Å²) in [5.41, 5.74) is -4.14. The molecule has 0 fully saturated rings. The number of pyridine rings is 2. The standard InChI is InChI=1S/C19H11F6N5OS/c1-30-15(16(31)28-9-4-6-26-12(7-9)18(20,21)22)13(19(23,24)25)14(29-30)11-8-32-17-10(11)3-2-5-27-17/h2-8H,1H3,(H,26,28,31). The van der Waals surface area contributed by atoms with E-state index in [1.807, 2.05) is 0 Å². The number of nitrogens with zero attached hydrogens (tertiary/aromatic N) is 4. The van der Waals surface area contributed by atoms with Crippen molar-refractivity contribution in [2.75, 3.05) is 5.32 Å². The fourth-order valence-corrected chi connectivity index (χ4v) is 4.04. The summed E-state index contributed by atoms with van der Waals surface area (Å²) in [7, 11) is 1.15. The van der Waals surface area contributed by atoms with Crippen LogP contribution in [0.1, 0.15) is 21.7 Å². The first kappa shape index (κ1) is 21.7. The topological polar surface area (TPSA) is 72.7 Å². The number of amides is 1. The Morgan fingerprint density at radius 3 is 2.50 bits per heavy atom. The molecule has 0 atom stereocenters. The molecular formula is C19H11F6N5OS. The first-order valence-electron chi connectivity index (χ1n) is 8.78. The van der Waals surface area contributed by atoms with E-state index in [0.29, 0.717) is 16.3 Å². The molecule has 0 aromatic carbocycles. The fourth-order valence-electron chi connectivity index (χ4n) is 3.15. The molecule has 4 aromatic heterocycles. The molecule has 0 aliphatic rings.